The van der Waals surface area contributed by atoms with Crippen molar-refractivity contribution in [3.05, 3.63) is 35.0 Å². The zero-order valence-corrected chi connectivity index (χ0v) is 13.0. The fourth-order valence-corrected chi connectivity index (χ4v) is 3.19. The number of carbonyl (C=O) groups is 1. The van der Waals surface area contributed by atoms with Gasteiger partial charge in [0.05, 0.1) is 0 Å². The molecule has 112 valence electrons. The molecule has 0 spiro atoms. The van der Waals surface area contributed by atoms with Gasteiger partial charge in [-0.15, -0.1) is 0 Å². The fourth-order valence-electron chi connectivity index (χ4n) is 2.97. The lowest BCUT2D eigenvalue weighted by atomic mass is 10.2. The summed E-state index contributed by atoms with van der Waals surface area (Å²) < 4.78 is 1.90. The normalized spacial score (nSPS) is 15.7. The van der Waals surface area contributed by atoms with Crippen molar-refractivity contribution in [1.82, 2.24) is 14.8 Å². The molecule has 2 aromatic rings. The maximum absolute atomic E-state index is 12.3. The molecule has 0 aliphatic carbocycles. The molecule has 0 bridgehead atoms. The van der Waals surface area contributed by atoms with Crippen LogP contribution in [0.3, 0.4) is 0 Å². The van der Waals surface area contributed by atoms with Gasteiger partial charge in [0, 0.05) is 36.1 Å². The van der Waals surface area contributed by atoms with Crippen molar-refractivity contribution in [2.75, 3.05) is 26.2 Å². The van der Waals surface area contributed by atoms with Gasteiger partial charge >= 0.3 is 0 Å². The second kappa shape index (κ2) is 6.08. The van der Waals surface area contributed by atoms with Gasteiger partial charge in [-0.25, -0.2) is 0 Å². The summed E-state index contributed by atoms with van der Waals surface area (Å²) in [6, 6.07) is 7.59. The molecule has 3 rings (SSSR count). The molecule has 1 saturated heterocycles. The number of carbonyl (C=O) groups excluding carboxylic acids is 1. The maximum atomic E-state index is 12.3. The minimum Gasteiger partial charge on any atom is -0.349 e. The first-order chi connectivity index (χ1) is 10.2. The van der Waals surface area contributed by atoms with Crippen molar-refractivity contribution in [2.45, 2.75) is 12.8 Å². The average molecular weight is 306 g/mol. The van der Waals surface area contributed by atoms with Gasteiger partial charge in [-0.1, -0.05) is 17.7 Å². The first-order valence-electron chi connectivity index (χ1n) is 7.41. The van der Waals surface area contributed by atoms with E-state index >= 15 is 0 Å². The molecule has 1 fully saturated rings. The zero-order chi connectivity index (χ0) is 14.8. The van der Waals surface area contributed by atoms with E-state index < -0.39 is 0 Å². The summed E-state index contributed by atoms with van der Waals surface area (Å²) in [4.78, 5) is 14.7. The molecule has 1 N–H and O–H groups in total. The smallest absolute Gasteiger partial charge is 0.267 e. The monoisotopic (exact) mass is 305 g/mol. The van der Waals surface area contributed by atoms with E-state index in [9.17, 15) is 4.79 Å². The minimum absolute atomic E-state index is 0.0380. The van der Waals surface area contributed by atoms with E-state index in [4.69, 9.17) is 11.6 Å². The number of aryl methyl sites for hydroxylation is 1. The van der Waals surface area contributed by atoms with E-state index in [1.54, 1.807) is 0 Å². The van der Waals surface area contributed by atoms with E-state index in [1.165, 1.54) is 12.8 Å². The van der Waals surface area contributed by atoms with E-state index in [-0.39, 0.29) is 5.91 Å². The summed E-state index contributed by atoms with van der Waals surface area (Å²) >= 11 is 6.19. The number of fused-ring (bicyclic) bond motifs is 1. The van der Waals surface area contributed by atoms with Crippen LogP contribution in [0, 0.1) is 0 Å². The highest BCUT2D eigenvalue weighted by Crippen LogP contribution is 2.26. The number of rotatable bonds is 4. The van der Waals surface area contributed by atoms with Crippen molar-refractivity contribution in [1.29, 1.82) is 0 Å². The molecule has 1 aliphatic heterocycles. The summed E-state index contributed by atoms with van der Waals surface area (Å²) in [5.41, 5.74) is 1.63. The van der Waals surface area contributed by atoms with Gasteiger partial charge in [-0.05, 0) is 44.1 Å². The minimum atomic E-state index is -0.0380. The van der Waals surface area contributed by atoms with Crippen molar-refractivity contribution >= 4 is 28.4 Å². The number of benzene rings is 1. The number of likely N-dealkylation sites (tertiary alicyclic amines) is 1. The Bertz CT molecular complexity index is 659. The van der Waals surface area contributed by atoms with Gasteiger partial charge in [-0.3, -0.25) is 4.79 Å². The molecule has 1 aliphatic rings. The number of hydrogen-bond donors (Lipinski definition) is 1. The van der Waals surface area contributed by atoms with Gasteiger partial charge in [0.25, 0.3) is 5.91 Å². The molecule has 1 aromatic carbocycles. The number of aromatic nitrogens is 1. The second-order valence-corrected chi connectivity index (χ2v) is 5.97. The lowest BCUT2D eigenvalue weighted by Gasteiger charge is -2.14. The summed E-state index contributed by atoms with van der Waals surface area (Å²) in [5, 5.41) is 4.60. The Morgan fingerprint density at radius 1 is 1.33 bits per heavy atom. The molecule has 21 heavy (non-hydrogen) atoms. The largest absolute Gasteiger partial charge is 0.349 e. The molecule has 2 heterocycles. The Morgan fingerprint density at radius 2 is 2.10 bits per heavy atom. The van der Waals surface area contributed by atoms with Crippen LogP contribution in [0.25, 0.3) is 10.9 Å². The van der Waals surface area contributed by atoms with E-state index in [0.717, 1.165) is 30.5 Å². The predicted octanol–water partition coefficient (Wildman–Crippen LogP) is 2.66. The quantitative estimate of drug-likeness (QED) is 0.943. The van der Waals surface area contributed by atoms with Gasteiger partial charge in [0.15, 0.2) is 0 Å². The topological polar surface area (TPSA) is 37.3 Å². The Kier molecular flexibility index (Phi) is 4.17. The van der Waals surface area contributed by atoms with Crippen molar-refractivity contribution < 1.29 is 4.79 Å². The van der Waals surface area contributed by atoms with Crippen LogP contribution in [0.1, 0.15) is 23.3 Å². The van der Waals surface area contributed by atoms with Gasteiger partial charge in [-0.2, -0.15) is 0 Å². The van der Waals surface area contributed by atoms with Crippen LogP contribution in [0.5, 0.6) is 0 Å². The lowest BCUT2D eigenvalue weighted by molar-refractivity contribution is 0.0942. The third kappa shape index (κ3) is 2.92. The van der Waals surface area contributed by atoms with Crippen LogP contribution in [-0.4, -0.2) is 41.6 Å². The molecule has 0 unspecified atom stereocenters. The van der Waals surface area contributed by atoms with Gasteiger partial charge in [0.1, 0.15) is 5.69 Å². The highest BCUT2D eigenvalue weighted by molar-refractivity contribution is 6.35. The first-order valence-corrected chi connectivity index (χ1v) is 7.79. The van der Waals surface area contributed by atoms with Gasteiger partial charge < -0.3 is 14.8 Å². The number of hydrogen-bond acceptors (Lipinski definition) is 2. The first kappa shape index (κ1) is 14.4. The van der Waals surface area contributed by atoms with Crippen LogP contribution in [0.15, 0.2) is 24.3 Å². The summed E-state index contributed by atoms with van der Waals surface area (Å²) in [6.45, 7) is 3.92. The summed E-state index contributed by atoms with van der Waals surface area (Å²) in [5.74, 6) is -0.0380. The van der Waals surface area contributed by atoms with Crippen LogP contribution >= 0.6 is 11.6 Å². The molecule has 4 nitrogen and oxygen atoms in total. The zero-order valence-electron chi connectivity index (χ0n) is 12.2. The van der Waals surface area contributed by atoms with Crippen LogP contribution in [0.2, 0.25) is 5.02 Å². The molecule has 0 radical (unpaired) electrons. The van der Waals surface area contributed by atoms with E-state index in [2.05, 4.69) is 10.2 Å². The molecular weight excluding hydrogens is 286 g/mol. The molecular formula is C16H20ClN3O. The average Bonchev–Trinajstić information content (AvgIpc) is 3.08. The Balaban J connectivity index is 1.69. The van der Waals surface area contributed by atoms with E-state index in [1.807, 2.05) is 35.9 Å². The third-order valence-corrected chi connectivity index (χ3v) is 4.51. The fraction of sp³-hybridized carbons (Fsp3) is 0.438. The molecule has 1 aromatic heterocycles. The molecule has 1 amide bonds. The van der Waals surface area contributed by atoms with Crippen LogP contribution in [-0.2, 0) is 7.05 Å². The van der Waals surface area contributed by atoms with Crippen molar-refractivity contribution in [2.24, 2.45) is 7.05 Å². The second-order valence-electron chi connectivity index (χ2n) is 5.57. The third-order valence-electron chi connectivity index (χ3n) is 4.18. The SMILES string of the molecule is Cn1c(C(=O)NCCN2CCCC2)cc2c(Cl)cccc21. The maximum Gasteiger partial charge on any atom is 0.267 e. The number of nitrogens with zero attached hydrogens (tertiary/aromatic N) is 2. The Morgan fingerprint density at radius 3 is 2.81 bits per heavy atom. The highest BCUT2D eigenvalue weighted by Gasteiger charge is 2.15. The van der Waals surface area contributed by atoms with Gasteiger partial charge in [0.2, 0.25) is 0 Å². The predicted molar refractivity (Wildman–Crippen MR) is 85.9 cm³/mol. The van der Waals surface area contributed by atoms with Crippen LogP contribution in [0.4, 0.5) is 0 Å². The Labute approximate surface area is 129 Å². The number of nitrogens with one attached hydrogen (secondary N) is 1. The van der Waals surface area contributed by atoms with Crippen molar-refractivity contribution in [3.8, 4) is 0 Å². The van der Waals surface area contributed by atoms with E-state index in [0.29, 0.717) is 17.3 Å². The number of amides is 1. The lowest BCUT2D eigenvalue weighted by Crippen LogP contribution is -2.34. The standard InChI is InChI=1S/C16H20ClN3O/c1-19-14-6-4-5-13(17)12(14)11-15(19)16(21)18-7-10-20-8-2-3-9-20/h4-6,11H,2-3,7-10H2,1H3,(H,18,21). The molecule has 0 saturated carbocycles. The van der Waals surface area contributed by atoms with Crippen molar-refractivity contribution in [3.63, 3.8) is 0 Å². The number of halogens is 1. The highest BCUT2D eigenvalue weighted by atomic mass is 35.5. The van der Waals surface area contributed by atoms with Crippen LogP contribution < -0.4 is 5.32 Å². The summed E-state index contributed by atoms with van der Waals surface area (Å²) in [7, 11) is 1.90. The Hall–Kier alpha value is -1.52. The molecule has 0 atom stereocenters. The summed E-state index contributed by atoms with van der Waals surface area (Å²) in [6.07, 6.45) is 2.55. The molecule has 5 heteroatoms.